The van der Waals surface area contributed by atoms with E-state index in [1.807, 2.05) is 0 Å². The Labute approximate surface area is 119 Å². The lowest BCUT2D eigenvalue weighted by molar-refractivity contribution is 0.102. The van der Waals surface area contributed by atoms with Crippen LogP contribution in [0, 0.1) is 0 Å². The molecule has 3 rings (SSSR count). The van der Waals surface area contributed by atoms with Crippen molar-refractivity contribution in [2.24, 2.45) is 0 Å². The Balaban J connectivity index is 1.80. The molecule has 102 valence electrons. The summed E-state index contributed by atoms with van der Waals surface area (Å²) in [4.78, 5) is 19.7. The number of halogens is 1. The monoisotopic (exact) mass is 291 g/mol. The summed E-state index contributed by atoms with van der Waals surface area (Å²) < 4.78 is 10.8. The molecule has 0 fully saturated rings. The van der Waals surface area contributed by atoms with Gasteiger partial charge in [0.2, 0.25) is 5.28 Å². The number of hydrogen-bond donors (Lipinski definition) is 1. The van der Waals surface area contributed by atoms with Gasteiger partial charge in [-0.05, 0) is 35.9 Å². The highest BCUT2D eigenvalue weighted by Crippen LogP contribution is 2.30. The van der Waals surface area contributed by atoms with Crippen LogP contribution in [-0.4, -0.2) is 29.1 Å². The number of anilines is 1. The van der Waals surface area contributed by atoms with E-state index in [1.54, 1.807) is 24.3 Å². The van der Waals surface area contributed by atoms with Gasteiger partial charge in [0.25, 0.3) is 5.91 Å². The van der Waals surface area contributed by atoms with Crippen molar-refractivity contribution in [1.82, 2.24) is 9.97 Å². The summed E-state index contributed by atoms with van der Waals surface area (Å²) >= 11 is 5.66. The second-order valence-corrected chi connectivity index (χ2v) is 4.36. The van der Waals surface area contributed by atoms with Crippen LogP contribution in [0.15, 0.2) is 30.5 Å². The molecule has 6 nitrogen and oxygen atoms in total. The topological polar surface area (TPSA) is 73.3 Å². The van der Waals surface area contributed by atoms with Gasteiger partial charge in [0.05, 0.1) is 0 Å². The maximum atomic E-state index is 12.1. The van der Waals surface area contributed by atoms with E-state index < -0.39 is 0 Å². The highest BCUT2D eigenvalue weighted by molar-refractivity contribution is 6.28. The first-order valence-corrected chi connectivity index (χ1v) is 6.30. The maximum absolute atomic E-state index is 12.1. The van der Waals surface area contributed by atoms with Gasteiger partial charge in [0, 0.05) is 11.8 Å². The van der Waals surface area contributed by atoms with Crippen LogP contribution in [0.4, 0.5) is 5.82 Å². The summed E-state index contributed by atoms with van der Waals surface area (Å²) in [5.41, 5.74) is 0.448. The number of aromatic nitrogens is 2. The molecule has 7 heteroatoms. The van der Waals surface area contributed by atoms with E-state index in [4.69, 9.17) is 21.1 Å². The third-order valence-electron chi connectivity index (χ3n) is 2.67. The average molecular weight is 292 g/mol. The third kappa shape index (κ3) is 2.65. The van der Waals surface area contributed by atoms with Crippen LogP contribution < -0.4 is 14.8 Å². The summed E-state index contributed by atoms with van der Waals surface area (Å²) in [6.07, 6.45) is 1.47. The Morgan fingerprint density at radius 2 is 2.00 bits per heavy atom. The predicted molar refractivity (Wildman–Crippen MR) is 72.4 cm³/mol. The SMILES string of the molecule is O=C(Nc1ccnc(Cl)n1)c1ccc2c(c1)OCCO2. The summed E-state index contributed by atoms with van der Waals surface area (Å²) in [5.74, 6) is 1.23. The fourth-order valence-electron chi connectivity index (χ4n) is 1.78. The second-order valence-electron chi connectivity index (χ2n) is 4.02. The van der Waals surface area contributed by atoms with E-state index in [0.717, 1.165) is 0 Å². The van der Waals surface area contributed by atoms with Crippen molar-refractivity contribution < 1.29 is 14.3 Å². The van der Waals surface area contributed by atoms with Crippen molar-refractivity contribution in [2.75, 3.05) is 18.5 Å². The minimum absolute atomic E-state index is 0.0741. The van der Waals surface area contributed by atoms with Gasteiger partial charge in [-0.1, -0.05) is 0 Å². The highest BCUT2D eigenvalue weighted by atomic mass is 35.5. The van der Waals surface area contributed by atoms with Crippen LogP contribution in [-0.2, 0) is 0 Å². The molecule has 0 unspecified atom stereocenters. The lowest BCUT2D eigenvalue weighted by atomic mass is 10.2. The largest absolute Gasteiger partial charge is 0.486 e. The fourth-order valence-corrected chi connectivity index (χ4v) is 1.93. The molecule has 1 amide bonds. The first-order chi connectivity index (χ1) is 9.72. The Morgan fingerprint density at radius 1 is 1.20 bits per heavy atom. The van der Waals surface area contributed by atoms with Crippen LogP contribution in [0.5, 0.6) is 11.5 Å². The Bertz CT molecular complexity index is 663. The molecule has 20 heavy (non-hydrogen) atoms. The Kier molecular flexibility index (Phi) is 3.39. The summed E-state index contributed by atoms with van der Waals surface area (Å²) in [6.45, 7) is 0.984. The van der Waals surface area contributed by atoms with Gasteiger partial charge in [0.15, 0.2) is 11.5 Å². The van der Waals surface area contributed by atoms with Gasteiger partial charge in [-0.15, -0.1) is 0 Å². The molecule has 1 aliphatic rings. The maximum Gasteiger partial charge on any atom is 0.256 e. The number of hydrogen-bond acceptors (Lipinski definition) is 5. The minimum Gasteiger partial charge on any atom is -0.486 e. The molecule has 2 heterocycles. The first kappa shape index (κ1) is 12.7. The number of carbonyl (C=O) groups excluding carboxylic acids is 1. The molecule has 1 aliphatic heterocycles. The quantitative estimate of drug-likeness (QED) is 0.858. The standard InChI is InChI=1S/C13H10ClN3O3/c14-13-15-4-3-11(17-13)16-12(18)8-1-2-9-10(7-8)20-6-5-19-9/h1-4,7H,5-6H2,(H,15,16,17,18). The molecular weight excluding hydrogens is 282 g/mol. The zero-order valence-corrected chi connectivity index (χ0v) is 11.1. The van der Waals surface area contributed by atoms with Crippen molar-refractivity contribution in [2.45, 2.75) is 0 Å². The van der Waals surface area contributed by atoms with E-state index in [0.29, 0.717) is 36.1 Å². The van der Waals surface area contributed by atoms with Gasteiger partial charge in [-0.25, -0.2) is 9.97 Å². The summed E-state index contributed by atoms with van der Waals surface area (Å²) in [6, 6.07) is 6.55. The molecule has 0 saturated carbocycles. The minimum atomic E-state index is -0.309. The van der Waals surface area contributed by atoms with Gasteiger partial charge in [-0.2, -0.15) is 0 Å². The van der Waals surface area contributed by atoms with Gasteiger partial charge in [-0.3, -0.25) is 4.79 Å². The fraction of sp³-hybridized carbons (Fsp3) is 0.154. The van der Waals surface area contributed by atoms with E-state index >= 15 is 0 Å². The van der Waals surface area contributed by atoms with Crippen LogP contribution in [0.3, 0.4) is 0 Å². The van der Waals surface area contributed by atoms with Crippen molar-refractivity contribution in [3.05, 3.63) is 41.3 Å². The van der Waals surface area contributed by atoms with E-state index in [2.05, 4.69) is 15.3 Å². The zero-order chi connectivity index (χ0) is 13.9. The number of nitrogens with one attached hydrogen (secondary N) is 1. The molecule has 1 aromatic heterocycles. The van der Waals surface area contributed by atoms with Crippen molar-refractivity contribution >= 4 is 23.3 Å². The molecule has 2 aromatic rings. The number of rotatable bonds is 2. The average Bonchev–Trinajstić information content (AvgIpc) is 2.47. The Morgan fingerprint density at radius 3 is 2.80 bits per heavy atom. The number of amides is 1. The van der Waals surface area contributed by atoms with E-state index in [1.165, 1.54) is 6.20 Å². The predicted octanol–water partition coefficient (Wildman–Crippen LogP) is 2.15. The third-order valence-corrected chi connectivity index (χ3v) is 2.85. The van der Waals surface area contributed by atoms with E-state index in [9.17, 15) is 4.79 Å². The van der Waals surface area contributed by atoms with Crippen molar-refractivity contribution in [3.8, 4) is 11.5 Å². The Hall–Kier alpha value is -2.34. The number of benzene rings is 1. The van der Waals surface area contributed by atoms with Crippen LogP contribution >= 0.6 is 11.6 Å². The van der Waals surface area contributed by atoms with Crippen LogP contribution in [0.25, 0.3) is 0 Å². The first-order valence-electron chi connectivity index (χ1n) is 5.92. The number of nitrogens with zero attached hydrogens (tertiary/aromatic N) is 2. The normalized spacial score (nSPS) is 12.8. The van der Waals surface area contributed by atoms with Crippen LogP contribution in [0.1, 0.15) is 10.4 Å². The molecule has 0 saturated heterocycles. The molecule has 0 radical (unpaired) electrons. The smallest absolute Gasteiger partial charge is 0.256 e. The lowest BCUT2D eigenvalue weighted by Crippen LogP contribution is -2.17. The molecule has 0 spiro atoms. The highest BCUT2D eigenvalue weighted by Gasteiger charge is 2.15. The van der Waals surface area contributed by atoms with Crippen LogP contribution in [0.2, 0.25) is 5.28 Å². The van der Waals surface area contributed by atoms with Gasteiger partial charge in [0.1, 0.15) is 19.0 Å². The molecular formula is C13H10ClN3O3. The molecule has 0 atom stereocenters. The molecule has 0 bridgehead atoms. The molecule has 1 N–H and O–H groups in total. The van der Waals surface area contributed by atoms with Crippen molar-refractivity contribution in [3.63, 3.8) is 0 Å². The second kappa shape index (κ2) is 5.34. The molecule has 1 aromatic carbocycles. The van der Waals surface area contributed by atoms with E-state index in [-0.39, 0.29) is 11.2 Å². The number of fused-ring (bicyclic) bond motifs is 1. The van der Waals surface area contributed by atoms with Crippen molar-refractivity contribution in [1.29, 1.82) is 0 Å². The number of carbonyl (C=O) groups is 1. The molecule has 0 aliphatic carbocycles. The van der Waals surface area contributed by atoms with Gasteiger partial charge < -0.3 is 14.8 Å². The summed E-state index contributed by atoms with van der Waals surface area (Å²) in [5, 5.41) is 2.71. The lowest BCUT2D eigenvalue weighted by Gasteiger charge is -2.18. The summed E-state index contributed by atoms with van der Waals surface area (Å²) in [7, 11) is 0. The number of ether oxygens (including phenoxy) is 2. The van der Waals surface area contributed by atoms with Gasteiger partial charge >= 0.3 is 0 Å². The zero-order valence-electron chi connectivity index (χ0n) is 10.3.